The van der Waals surface area contributed by atoms with E-state index < -0.39 is 23.7 Å². The van der Waals surface area contributed by atoms with Gasteiger partial charge in [0.25, 0.3) is 0 Å². The van der Waals surface area contributed by atoms with Crippen molar-refractivity contribution in [3.63, 3.8) is 0 Å². The van der Waals surface area contributed by atoms with Crippen LogP contribution in [0.2, 0.25) is 0 Å². The Labute approximate surface area is 130 Å². The number of aliphatic carboxylic acids is 1. The Balaban J connectivity index is 2.90. The Morgan fingerprint density at radius 1 is 1.23 bits per heavy atom. The fourth-order valence-electron chi connectivity index (χ4n) is 2.15. The van der Waals surface area contributed by atoms with Crippen molar-refractivity contribution in [1.82, 2.24) is 5.32 Å². The summed E-state index contributed by atoms with van der Waals surface area (Å²) in [5, 5.41) is 21.2. The van der Waals surface area contributed by atoms with Gasteiger partial charge in [0, 0.05) is 6.42 Å². The van der Waals surface area contributed by atoms with Crippen molar-refractivity contribution < 1.29 is 24.5 Å². The Morgan fingerprint density at radius 3 is 2.14 bits per heavy atom. The van der Waals surface area contributed by atoms with Crippen molar-refractivity contribution in [1.29, 1.82) is 0 Å². The zero-order valence-corrected chi connectivity index (χ0v) is 13.6. The highest BCUT2D eigenvalue weighted by molar-refractivity contribution is 5.80. The minimum atomic E-state index is -1.14. The van der Waals surface area contributed by atoms with E-state index in [1.807, 2.05) is 0 Å². The highest BCUT2D eigenvalue weighted by Gasteiger charge is 2.25. The van der Waals surface area contributed by atoms with Gasteiger partial charge in [-0.2, -0.15) is 0 Å². The number of carboxylic acid groups (broad SMARTS) is 1. The van der Waals surface area contributed by atoms with Crippen molar-refractivity contribution in [2.45, 2.75) is 52.7 Å². The lowest BCUT2D eigenvalue weighted by molar-refractivity contribution is -0.139. The molecule has 1 aromatic rings. The van der Waals surface area contributed by atoms with E-state index in [4.69, 9.17) is 4.74 Å². The van der Waals surface area contributed by atoms with E-state index in [2.05, 4.69) is 5.32 Å². The summed E-state index contributed by atoms with van der Waals surface area (Å²) in [5.74, 6) is -1.01. The molecule has 0 aliphatic rings. The Bertz CT molecular complexity index is 551. The quantitative estimate of drug-likeness (QED) is 0.794. The van der Waals surface area contributed by atoms with Crippen molar-refractivity contribution in [2.24, 2.45) is 0 Å². The molecule has 0 spiro atoms. The summed E-state index contributed by atoms with van der Waals surface area (Å²) in [7, 11) is 0. The maximum atomic E-state index is 11.8. The number of carbonyl (C=O) groups is 2. The number of rotatable bonds is 4. The van der Waals surface area contributed by atoms with E-state index in [-0.39, 0.29) is 12.2 Å². The molecule has 6 heteroatoms. The van der Waals surface area contributed by atoms with Crippen LogP contribution in [0.4, 0.5) is 4.79 Å². The normalized spacial score (nSPS) is 12.6. The van der Waals surface area contributed by atoms with E-state index in [1.54, 1.807) is 46.8 Å². The highest BCUT2D eigenvalue weighted by atomic mass is 16.6. The van der Waals surface area contributed by atoms with Crippen LogP contribution in [0.15, 0.2) is 12.1 Å². The fraction of sp³-hybridized carbons (Fsp3) is 0.500. The molecule has 1 rings (SSSR count). The third-order valence-corrected chi connectivity index (χ3v) is 3.08. The molecule has 3 N–H and O–H groups in total. The number of aromatic hydroxyl groups is 1. The van der Waals surface area contributed by atoms with Gasteiger partial charge in [0.1, 0.15) is 17.4 Å². The molecule has 1 amide bonds. The molecule has 122 valence electrons. The Hall–Kier alpha value is -2.24. The van der Waals surface area contributed by atoms with Crippen molar-refractivity contribution in [3.8, 4) is 5.75 Å². The average Bonchev–Trinajstić information content (AvgIpc) is 2.29. The molecule has 0 heterocycles. The predicted octanol–water partition coefficient (Wildman–Crippen LogP) is 2.53. The van der Waals surface area contributed by atoms with Crippen LogP contribution in [0, 0.1) is 13.8 Å². The van der Waals surface area contributed by atoms with E-state index in [0.29, 0.717) is 0 Å². The Morgan fingerprint density at radius 2 is 1.73 bits per heavy atom. The monoisotopic (exact) mass is 309 g/mol. The molecule has 22 heavy (non-hydrogen) atoms. The summed E-state index contributed by atoms with van der Waals surface area (Å²) in [4.78, 5) is 23.1. The number of carbonyl (C=O) groups excluding carboxylic acids is 1. The van der Waals surface area contributed by atoms with E-state index >= 15 is 0 Å². The lowest BCUT2D eigenvalue weighted by Gasteiger charge is -2.22. The van der Waals surface area contributed by atoms with Crippen LogP contribution in [0.25, 0.3) is 0 Å². The molecule has 1 atom stereocenters. The van der Waals surface area contributed by atoms with Gasteiger partial charge in [0.2, 0.25) is 0 Å². The average molecular weight is 309 g/mol. The molecule has 0 fully saturated rings. The lowest BCUT2D eigenvalue weighted by Crippen LogP contribution is -2.44. The number of aryl methyl sites for hydroxylation is 2. The molecule has 0 saturated heterocycles. The topological polar surface area (TPSA) is 95.9 Å². The molecule has 0 saturated carbocycles. The molecule has 0 aliphatic carbocycles. The third kappa shape index (κ3) is 5.27. The number of alkyl carbamates (subject to hydrolysis) is 1. The SMILES string of the molecule is Cc1cc(O)cc(C)c1C[C@H](NC(=O)OC(C)(C)C)C(=O)O. The molecule has 0 aromatic heterocycles. The standard InChI is InChI=1S/C16H23NO5/c1-9-6-11(18)7-10(2)12(9)8-13(14(19)20)17-15(21)22-16(3,4)5/h6-7,13,18H,8H2,1-5H3,(H,17,21)(H,19,20)/t13-/m0/s1. The van der Waals surface area contributed by atoms with Crippen molar-refractivity contribution in [3.05, 3.63) is 28.8 Å². The van der Waals surface area contributed by atoms with Gasteiger partial charge in [-0.05, 0) is 63.4 Å². The summed E-state index contributed by atoms with van der Waals surface area (Å²) in [6, 6.07) is 2.03. The van der Waals surface area contributed by atoms with E-state index in [1.165, 1.54) is 0 Å². The van der Waals surface area contributed by atoms with E-state index in [9.17, 15) is 19.8 Å². The van der Waals surface area contributed by atoms with Crippen LogP contribution in [-0.2, 0) is 16.0 Å². The molecular weight excluding hydrogens is 286 g/mol. The maximum absolute atomic E-state index is 11.8. The van der Waals surface area contributed by atoms with Crippen LogP contribution < -0.4 is 5.32 Å². The van der Waals surface area contributed by atoms with Crippen LogP contribution in [0.3, 0.4) is 0 Å². The summed E-state index contributed by atoms with van der Waals surface area (Å²) in [6.45, 7) is 8.69. The zero-order chi connectivity index (χ0) is 17.1. The highest BCUT2D eigenvalue weighted by Crippen LogP contribution is 2.22. The second kappa shape index (κ2) is 6.68. The van der Waals surface area contributed by atoms with Crippen molar-refractivity contribution in [2.75, 3.05) is 0 Å². The third-order valence-electron chi connectivity index (χ3n) is 3.08. The Kier molecular flexibility index (Phi) is 5.41. The number of phenolic OH excluding ortho intramolecular Hbond substituents is 1. The first kappa shape index (κ1) is 17.8. The predicted molar refractivity (Wildman–Crippen MR) is 82.1 cm³/mol. The number of carboxylic acids is 1. The van der Waals surface area contributed by atoms with Crippen molar-refractivity contribution >= 4 is 12.1 Å². The van der Waals surface area contributed by atoms with Gasteiger partial charge < -0.3 is 20.3 Å². The molecule has 0 unspecified atom stereocenters. The van der Waals surface area contributed by atoms with Crippen LogP contribution in [-0.4, -0.2) is 33.9 Å². The first-order valence-corrected chi connectivity index (χ1v) is 7.01. The van der Waals surface area contributed by atoms with Gasteiger partial charge in [0.05, 0.1) is 0 Å². The second-order valence-corrected chi connectivity index (χ2v) is 6.30. The number of phenols is 1. The molecule has 1 aromatic carbocycles. The van der Waals surface area contributed by atoms with Crippen LogP contribution >= 0.6 is 0 Å². The number of benzene rings is 1. The van der Waals surface area contributed by atoms with Gasteiger partial charge in [-0.15, -0.1) is 0 Å². The van der Waals surface area contributed by atoms with Gasteiger partial charge in [-0.25, -0.2) is 9.59 Å². The number of hydrogen-bond donors (Lipinski definition) is 3. The first-order valence-electron chi connectivity index (χ1n) is 7.01. The minimum absolute atomic E-state index is 0.118. The van der Waals surface area contributed by atoms with Crippen LogP contribution in [0.5, 0.6) is 5.75 Å². The summed E-state index contributed by atoms with van der Waals surface area (Å²) < 4.78 is 5.08. The van der Waals surface area contributed by atoms with Gasteiger partial charge in [-0.3, -0.25) is 0 Å². The number of hydrogen-bond acceptors (Lipinski definition) is 4. The summed E-state index contributed by atoms with van der Waals surface area (Å²) >= 11 is 0. The zero-order valence-electron chi connectivity index (χ0n) is 13.6. The minimum Gasteiger partial charge on any atom is -0.508 e. The number of nitrogens with one attached hydrogen (secondary N) is 1. The van der Waals surface area contributed by atoms with Gasteiger partial charge in [0.15, 0.2) is 0 Å². The van der Waals surface area contributed by atoms with Gasteiger partial charge in [-0.1, -0.05) is 0 Å². The number of ether oxygens (including phenoxy) is 1. The first-order chi connectivity index (χ1) is 9.99. The fourth-order valence-corrected chi connectivity index (χ4v) is 2.15. The second-order valence-electron chi connectivity index (χ2n) is 6.30. The molecule has 6 nitrogen and oxygen atoms in total. The smallest absolute Gasteiger partial charge is 0.408 e. The largest absolute Gasteiger partial charge is 0.508 e. The maximum Gasteiger partial charge on any atom is 0.408 e. The van der Waals surface area contributed by atoms with E-state index in [0.717, 1.165) is 16.7 Å². The van der Waals surface area contributed by atoms with Gasteiger partial charge >= 0.3 is 12.1 Å². The lowest BCUT2D eigenvalue weighted by atomic mass is 9.96. The summed E-state index contributed by atoms with van der Waals surface area (Å²) in [6.07, 6.45) is -0.652. The summed E-state index contributed by atoms with van der Waals surface area (Å²) in [5.41, 5.74) is 1.63. The number of amides is 1. The molecule has 0 radical (unpaired) electrons. The van der Waals surface area contributed by atoms with Crippen LogP contribution in [0.1, 0.15) is 37.5 Å². The molecule has 0 aliphatic heterocycles. The molecule has 0 bridgehead atoms. The molecular formula is C16H23NO5.